The van der Waals surface area contributed by atoms with Crippen LogP contribution in [0.5, 0.6) is 0 Å². The smallest absolute Gasteiger partial charge is 0.338 e. The number of methoxy groups -OCH3 is 4. The summed E-state index contributed by atoms with van der Waals surface area (Å²) in [5.74, 6) is -2.95. The Morgan fingerprint density at radius 2 is 1.76 bits per heavy atom. The molecule has 1 aromatic carbocycles. The van der Waals surface area contributed by atoms with E-state index in [9.17, 15) is 19.8 Å². The first kappa shape index (κ1) is 31.5. The van der Waals surface area contributed by atoms with E-state index in [0.29, 0.717) is 18.7 Å². The number of carbonyl (C=O) groups is 2. The highest BCUT2D eigenvalue weighted by Crippen LogP contribution is 2.80. The van der Waals surface area contributed by atoms with Crippen LogP contribution in [-0.4, -0.2) is 123 Å². The van der Waals surface area contributed by atoms with Gasteiger partial charge in [0.15, 0.2) is 5.60 Å². The summed E-state index contributed by atoms with van der Waals surface area (Å²) in [6.45, 7) is 5.44. The van der Waals surface area contributed by atoms with E-state index in [-0.39, 0.29) is 35.8 Å². The first-order chi connectivity index (χ1) is 21.6. The molecule has 1 heterocycles. The molecule has 7 bridgehead atoms. The zero-order chi connectivity index (χ0) is 32.1. The first-order valence-corrected chi connectivity index (χ1v) is 16.2. The third-order valence-corrected chi connectivity index (χ3v) is 13.0. The Bertz CT molecular complexity index is 1330. The monoisotopic (exact) mass is 629 g/mol. The Morgan fingerprint density at radius 1 is 1.02 bits per heavy atom. The van der Waals surface area contributed by atoms with Crippen molar-refractivity contribution < 1.29 is 48.2 Å². The molecule has 11 heteroatoms. The van der Waals surface area contributed by atoms with Crippen LogP contribution in [0.3, 0.4) is 0 Å². The number of hydrogen-bond acceptors (Lipinski definition) is 11. The molecule has 6 fully saturated rings. The van der Waals surface area contributed by atoms with Crippen LogP contribution in [0.2, 0.25) is 0 Å². The van der Waals surface area contributed by atoms with Crippen LogP contribution < -0.4 is 0 Å². The highest BCUT2D eigenvalue weighted by atomic mass is 16.6. The number of likely N-dealkylation sites (tertiary alicyclic amines) is 1. The van der Waals surface area contributed by atoms with Gasteiger partial charge in [0.1, 0.15) is 23.9 Å². The van der Waals surface area contributed by atoms with E-state index >= 15 is 0 Å². The summed E-state index contributed by atoms with van der Waals surface area (Å²) in [6, 6.07) is 8.42. The molecule has 1 spiro atoms. The van der Waals surface area contributed by atoms with Gasteiger partial charge in [-0.3, -0.25) is 9.69 Å². The van der Waals surface area contributed by atoms with Crippen LogP contribution in [-0.2, 0) is 33.2 Å². The van der Waals surface area contributed by atoms with Crippen molar-refractivity contribution in [1.29, 1.82) is 0 Å². The SMILES string of the molecule is CCN1C[C@]2(COC)CCC(OC)C34C1C(C(OC)[C@@H]32)[C@]1(OC(C)=O)[C@H]2[C@@H](OC(=O)c3ccccc3)[C@@](O)(C[C@@H]24)[C@@H](OC)[C@@H]1O. The Kier molecular flexibility index (Phi) is 7.48. The molecule has 11 nitrogen and oxygen atoms in total. The van der Waals surface area contributed by atoms with E-state index < -0.39 is 64.8 Å². The zero-order valence-electron chi connectivity index (χ0n) is 27.0. The van der Waals surface area contributed by atoms with Gasteiger partial charge in [0, 0.05) is 76.5 Å². The fourth-order valence-electron chi connectivity index (χ4n) is 12.4. The van der Waals surface area contributed by atoms with Crippen molar-refractivity contribution in [2.45, 2.75) is 80.9 Å². The van der Waals surface area contributed by atoms with Gasteiger partial charge in [-0.2, -0.15) is 0 Å². The second-order valence-electron chi connectivity index (χ2n) is 14.3. The van der Waals surface area contributed by atoms with Crippen LogP contribution in [0.1, 0.15) is 43.5 Å². The van der Waals surface area contributed by atoms with Gasteiger partial charge in [0.25, 0.3) is 0 Å². The molecule has 5 unspecified atom stereocenters. The quantitative estimate of drug-likeness (QED) is 0.387. The number of rotatable bonds is 9. The lowest BCUT2D eigenvalue weighted by Crippen LogP contribution is -2.80. The van der Waals surface area contributed by atoms with Crippen LogP contribution in [0.15, 0.2) is 30.3 Å². The number of fused-ring (bicyclic) bond motifs is 2. The van der Waals surface area contributed by atoms with Gasteiger partial charge in [-0.05, 0) is 43.9 Å². The van der Waals surface area contributed by atoms with Crippen molar-refractivity contribution in [3.8, 4) is 0 Å². The van der Waals surface area contributed by atoms with Crippen LogP contribution in [0.25, 0.3) is 0 Å². The molecule has 1 saturated heterocycles. The Balaban J connectivity index is 1.52. The molecular formula is C34H47NO10. The van der Waals surface area contributed by atoms with Crippen molar-refractivity contribution in [3.63, 3.8) is 0 Å². The van der Waals surface area contributed by atoms with Crippen molar-refractivity contribution in [2.75, 3.05) is 48.1 Å². The second kappa shape index (κ2) is 10.7. The zero-order valence-corrected chi connectivity index (χ0v) is 27.0. The van der Waals surface area contributed by atoms with Gasteiger partial charge in [-0.25, -0.2) is 4.79 Å². The number of esters is 2. The summed E-state index contributed by atoms with van der Waals surface area (Å²) in [7, 11) is 6.59. The minimum Gasteiger partial charge on any atom is -0.455 e. The van der Waals surface area contributed by atoms with Gasteiger partial charge in [-0.1, -0.05) is 25.1 Å². The van der Waals surface area contributed by atoms with Crippen molar-refractivity contribution in [3.05, 3.63) is 35.9 Å². The summed E-state index contributed by atoms with van der Waals surface area (Å²) < 4.78 is 37.7. The molecule has 5 saturated carbocycles. The normalized spacial score (nSPS) is 49.1. The number of piperidine rings is 1. The van der Waals surface area contributed by atoms with Crippen molar-refractivity contribution in [1.82, 2.24) is 4.90 Å². The summed E-state index contributed by atoms with van der Waals surface area (Å²) in [5.41, 5.74) is -3.92. The minimum absolute atomic E-state index is 0.101. The molecule has 5 aliphatic carbocycles. The average molecular weight is 630 g/mol. The third-order valence-electron chi connectivity index (χ3n) is 13.0. The summed E-state index contributed by atoms with van der Waals surface area (Å²) in [4.78, 5) is 29.4. The van der Waals surface area contributed by atoms with Crippen LogP contribution in [0.4, 0.5) is 0 Å². The third kappa shape index (κ3) is 3.66. The molecular weight excluding hydrogens is 582 g/mol. The lowest BCUT2D eigenvalue weighted by atomic mass is 9.43. The maximum Gasteiger partial charge on any atom is 0.338 e. The Labute approximate surface area is 264 Å². The highest BCUT2D eigenvalue weighted by molar-refractivity contribution is 5.89. The standard InChI is InChI=1S/C34H47NO10/c1-7-35-16-31(17-40-3)14-13-21(41-4)33-20-15-32(39)28(44-30(38)19-11-9-8-10-12-19)22(20)34(45-18(2)36,27(37)29(32)43-6)23(26(33)35)24(42-5)25(31)33/h8-12,20-29,37,39H,7,13-17H2,1-6H3/t20-,21?,22+,23?,24?,25+,26?,27-,28+,29-,31-,32-,33?,34+/m0/s1. The average Bonchev–Trinajstić information content (AvgIpc) is 3.40. The molecule has 0 radical (unpaired) electrons. The van der Waals surface area contributed by atoms with Gasteiger partial charge in [-0.15, -0.1) is 0 Å². The van der Waals surface area contributed by atoms with E-state index in [0.717, 1.165) is 19.4 Å². The Morgan fingerprint density at radius 3 is 2.36 bits per heavy atom. The van der Waals surface area contributed by atoms with E-state index in [1.54, 1.807) is 45.6 Å². The molecule has 1 aliphatic heterocycles. The molecule has 45 heavy (non-hydrogen) atoms. The molecule has 0 aromatic heterocycles. The number of aliphatic hydroxyl groups excluding tert-OH is 1. The fraction of sp³-hybridized carbons (Fsp3) is 0.765. The highest BCUT2D eigenvalue weighted by Gasteiger charge is 2.91. The Hall–Kier alpha value is -2.12. The number of aliphatic hydroxyl groups is 2. The molecule has 14 atom stereocenters. The van der Waals surface area contributed by atoms with Crippen LogP contribution >= 0.6 is 0 Å². The topological polar surface area (TPSA) is 133 Å². The van der Waals surface area contributed by atoms with Gasteiger partial charge in [0.05, 0.1) is 24.4 Å². The molecule has 2 N–H and O–H groups in total. The van der Waals surface area contributed by atoms with Crippen LogP contribution in [0, 0.1) is 34.5 Å². The van der Waals surface area contributed by atoms with Gasteiger partial charge < -0.3 is 38.6 Å². The number of ether oxygens (including phenoxy) is 6. The summed E-state index contributed by atoms with van der Waals surface area (Å²) >= 11 is 0. The van der Waals surface area contributed by atoms with E-state index in [1.165, 1.54) is 14.0 Å². The molecule has 0 amide bonds. The number of nitrogens with zero attached hydrogens (tertiary/aromatic N) is 1. The fourth-order valence-corrected chi connectivity index (χ4v) is 12.4. The molecule has 7 rings (SSSR count). The number of carbonyl (C=O) groups excluding carboxylic acids is 2. The lowest BCUT2D eigenvalue weighted by Gasteiger charge is -2.69. The minimum atomic E-state index is -1.76. The predicted octanol–water partition coefficient (Wildman–Crippen LogP) is 1.68. The molecule has 1 aromatic rings. The van der Waals surface area contributed by atoms with E-state index in [2.05, 4.69) is 11.8 Å². The second-order valence-corrected chi connectivity index (χ2v) is 14.3. The maximum absolute atomic E-state index is 13.7. The maximum atomic E-state index is 13.7. The summed E-state index contributed by atoms with van der Waals surface area (Å²) in [5, 5.41) is 25.3. The number of benzene rings is 1. The number of hydrogen-bond donors (Lipinski definition) is 2. The summed E-state index contributed by atoms with van der Waals surface area (Å²) in [6.07, 6.45) is -2.64. The van der Waals surface area contributed by atoms with Crippen molar-refractivity contribution >= 4 is 11.9 Å². The largest absolute Gasteiger partial charge is 0.455 e. The first-order valence-electron chi connectivity index (χ1n) is 16.2. The molecule has 6 aliphatic rings. The van der Waals surface area contributed by atoms with E-state index in [1.807, 2.05) is 6.07 Å². The van der Waals surface area contributed by atoms with Gasteiger partial charge >= 0.3 is 11.9 Å². The van der Waals surface area contributed by atoms with E-state index in [4.69, 9.17) is 28.4 Å². The lowest BCUT2D eigenvalue weighted by molar-refractivity contribution is -0.317. The predicted molar refractivity (Wildman–Crippen MR) is 159 cm³/mol. The molecule has 248 valence electrons. The van der Waals surface area contributed by atoms with Gasteiger partial charge in [0.2, 0.25) is 0 Å². The van der Waals surface area contributed by atoms with Crippen molar-refractivity contribution in [2.24, 2.45) is 34.5 Å².